The van der Waals surface area contributed by atoms with Crippen LogP contribution >= 0.6 is 15.9 Å². The van der Waals surface area contributed by atoms with Gasteiger partial charge in [-0.1, -0.05) is 48.7 Å². The fourth-order valence-corrected chi connectivity index (χ4v) is 3.80. The van der Waals surface area contributed by atoms with Gasteiger partial charge in [0.15, 0.2) is 0 Å². The monoisotopic (exact) mass is 541 g/mol. The summed E-state index contributed by atoms with van der Waals surface area (Å²) in [6.07, 6.45) is 4.66. The molecule has 8 nitrogen and oxygen atoms in total. The van der Waals surface area contributed by atoms with Crippen molar-refractivity contribution in [3.8, 4) is 11.5 Å². The quantitative estimate of drug-likeness (QED) is 0.290. The molecular formula is C23H32BrN3O5S. The van der Waals surface area contributed by atoms with Crippen molar-refractivity contribution in [2.75, 3.05) is 29.5 Å². The molecule has 0 saturated carbocycles. The van der Waals surface area contributed by atoms with E-state index < -0.39 is 10.0 Å². The van der Waals surface area contributed by atoms with Crippen LogP contribution in [0.15, 0.2) is 40.9 Å². The third kappa shape index (κ3) is 9.91. The number of carbonyl (C=O) groups excluding carboxylic acids is 1. The number of unbranched alkanes of at least 4 members (excludes halogenated alkanes) is 2. The molecule has 0 heterocycles. The minimum Gasteiger partial charge on any atom is -0.493 e. The van der Waals surface area contributed by atoms with Crippen molar-refractivity contribution in [1.82, 2.24) is 5.32 Å². The molecule has 0 aliphatic rings. The first-order valence-corrected chi connectivity index (χ1v) is 13.6. The minimum atomic E-state index is -3.52. The molecule has 2 aromatic rings. The van der Waals surface area contributed by atoms with Crippen LogP contribution in [0.3, 0.4) is 0 Å². The van der Waals surface area contributed by atoms with Gasteiger partial charge in [0.2, 0.25) is 10.0 Å². The van der Waals surface area contributed by atoms with Crippen molar-refractivity contribution >= 4 is 43.4 Å². The fraction of sp³-hybridized carbons (Fsp3) is 0.435. The van der Waals surface area contributed by atoms with E-state index in [1.807, 2.05) is 19.1 Å². The van der Waals surface area contributed by atoms with E-state index in [9.17, 15) is 13.2 Å². The molecule has 0 aliphatic carbocycles. The highest BCUT2D eigenvalue weighted by Gasteiger charge is 2.16. The molecule has 182 valence electrons. The number of nitrogens with one attached hydrogen (secondary N) is 3. The van der Waals surface area contributed by atoms with E-state index in [2.05, 4.69) is 38.2 Å². The van der Waals surface area contributed by atoms with Gasteiger partial charge >= 0.3 is 6.03 Å². The number of rotatable bonds is 13. The van der Waals surface area contributed by atoms with Gasteiger partial charge in [-0.3, -0.25) is 4.72 Å². The minimum absolute atomic E-state index is 0.171. The van der Waals surface area contributed by atoms with Crippen LogP contribution in [0, 0.1) is 0 Å². The molecule has 33 heavy (non-hydrogen) atoms. The average molecular weight is 542 g/mol. The lowest BCUT2D eigenvalue weighted by atomic mass is 10.1. The SMILES string of the molecule is CCCCOc1cc(NS(C)(=O)=O)c(OCCCC)cc1CNC(=O)Nc1cccc(Br)c1. The van der Waals surface area contributed by atoms with Gasteiger partial charge in [-0.15, -0.1) is 0 Å². The van der Waals surface area contributed by atoms with Gasteiger partial charge in [0.1, 0.15) is 11.5 Å². The molecule has 0 radical (unpaired) electrons. The van der Waals surface area contributed by atoms with Crippen LogP contribution in [-0.2, 0) is 16.6 Å². The molecule has 2 rings (SSSR count). The lowest BCUT2D eigenvalue weighted by molar-refractivity contribution is 0.251. The first-order chi connectivity index (χ1) is 15.7. The third-order valence-electron chi connectivity index (χ3n) is 4.49. The molecule has 0 spiro atoms. The standard InChI is InChI=1S/C23H32BrN3O5S/c1-4-6-11-31-21-15-20(27-33(3,29)30)22(32-12-7-5-2)13-17(21)16-25-23(28)26-19-10-8-9-18(24)14-19/h8-10,13-15,27H,4-7,11-12,16H2,1-3H3,(H2,25,26,28). The Hall–Kier alpha value is -2.46. The summed E-state index contributed by atoms with van der Waals surface area (Å²) in [5, 5.41) is 5.60. The topological polar surface area (TPSA) is 106 Å². The fourth-order valence-electron chi connectivity index (χ4n) is 2.84. The summed E-state index contributed by atoms with van der Waals surface area (Å²) >= 11 is 3.38. The summed E-state index contributed by atoms with van der Waals surface area (Å²) in [5.41, 5.74) is 1.64. The molecule has 10 heteroatoms. The summed E-state index contributed by atoms with van der Waals surface area (Å²) < 4.78 is 38.9. The Labute approximate surface area is 204 Å². The molecule has 0 atom stereocenters. The first kappa shape index (κ1) is 26.8. The number of benzene rings is 2. The Morgan fingerprint density at radius 2 is 1.67 bits per heavy atom. The van der Waals surface area contributed by atoms with Gasteiger partial charge in [-0.2, -0.15) is 0 Å². The van der Waals surface area contributed by atoms with E-state index >= 15 is 0 Å². The maximum absolute atomic E-state index is 12.4. The Kier molecular flexibility index (Phi) is 10.8. The summed E-state index contributed by atoms with van der Waals surface area (Å²) in [6, 6.07) is 10.2. The number of hydrogen-bond donors (Lipinski definition) is 3. The normalized spacial score (nSPS) is 11.0. The van der Waals surface area contributed by atoms with E-state index in [0.717, 1.165) is 36.4 Å². The second-order valence-corrected chi connectivity index (χ2v) is 10.2. The predicted molar refractivity (Wildman–Crippen MR) is 136 cm³/mol. The maximum atomic E-state index is 12.4. The number of ether oxygens (including phenoxy) is 2. The Balaban J connectivity index is 2.25. The lowest BCUT2D eigenvalue weighted by Gasteiger charge is -2.18. The molecule has 0 saturated heterocycles. The summed E-state index contributed by atoms with van der Waals surface area (Å²) in [4.78, 5) is 12.4. The van der Waals surface area contributed by atoms with Crippen LogP contribution in [0.1, 0.15) is 45.1 Å². The predicted octanol–water partition coefficient (Wildman–Crippen LogP) is 5.50. The highest BCUT2D eigenvalue weighted by Crippen LogP contribution is 2.34. The van der Waals surface area contributed by atoms with Crippen molar-refractivity contribution < 1.29 is 22.7 Å². The summed E-state index contributed by atoms with van der Waals surface area (Å²) in [7, 11) is -3.52. The molecule has 2 amide bonds. The van der Waals surface area contributed by atoms with Gasteiger partial charge in [0, 0.05) is 28.3 Å². The van der Waals surface area contributed by atoms with Gasteiger partial charge in [0.25, 0.3) is 0 Å². The van der Waals surface area contributed by atoms with Gasteiger partial charge in [-0.25, -0.2) is 13.2 Å². The molecule has 0 unspecified atom stereocenters. The van der Waals surface area contributed by atoms with E-state index in [1.165, 1.54) is 0 Å². The number of anilines is 2. The van der Waals surface area contributed by atoms with Crippen LogP contribution in [0.2, 0.25) is 0 Å². The zero-order valence-electron chi connectivity index (χ0n) is 19.2. The number of halogens is 1. The first-order valence-electron chi connectivity index (χ1n) is 10.9. The van der Waals surface area contributed by atoms with Gasteiger partial charge in [0.05, 0.1) is 25.2 Å². The summed E-state index contributed by atoms with van der Waals surface area (Å²) in [5.74, 6) is 0.876. The number of hydrogen-bond acceptors (Lipinski definition) is 5. The van der Waals surface area contributed by atoms with E-state index in [1.54, 1.807) is 24.3 Å². The molecule has 3 N–H and O–H groups in total. The zero-order valence-corrected chi connectivity index (χ0v) is 21.6. The van der Waals surface area contributed by atoms with Gasteiger partial charge < -0.3 is 20.1 Å². The molecule has 2 aromatic carbocycles. The van der Waals surface area contributed by atoms with Crippen molar-refractivity contribution in [3.05, 3.63) is 46.4 Å². The lowest BCUT2D eigenvalue weighted by Crippen LogP contribution is -2.28. The smallest absolute Gasteiger partial charge is 0.319 e. The molecule has 0 aromatic heterocycles. The van der Waals surface area contributed by atoms with Crippen molar-refractivity contribution in [2.24, 2.45) is 0 Å². The Bertz CT molecular complexity index is 1030. The largest absolute Gasteiger partial charge is 0.493 e. The highest BCUT2D eigenvalue weighted by molar-refractivity contribution is 9.10. The van der Waals surface area contributed by atoms with Gasteiger partial charge in [-0.05, 0) is 37.1 Å². The molecule has 0 aliphatic heterocycles. The van der Waals surface area contributed by atoms with E-state index in [0.29, 0.717) is 41.7 Å². The van der Waals surface area contributed by atoms with Crippen molar-refractivity contribution in [1.29, 1.82) is 0 Å². The second-order valence-electron chi connectivity index (χ2n) is 7.55. The van der Waals surface area contributed by atoms with E-state index in [-0.39, 0.29) is 12.6 Å². The number of amides is 2. The Morgan fingerprint density at radius 3 is 2.27 bits per heavy atom. The number of sulfonamides is 1. The van der Waals surface area contributed by atoms with Crippen molar-refractivity contribution in [3.63, 3.8) is 0 Å². The van der Waals surface area contributed by atoms with Crippen LogP contribution in [0.5, 0.6) is 11.5 Å². The average Bonchev–Trinajstić information content (AvgIpc) is 2.73. The third-order valence-corrected chi connectivity index (χ3v) is 5.57. The van der Waals surface area contributed by atoms with Crippen LogP contribution < -0.4 is 24.8 Å². The number of urea groups is 1. The molecule has 0 fully saturated rings. The van der Waals surface area contributed by atoms with E-state index in [4.69, 9.17) is 9.47 Å². The van der Waals surface area contributed by atoms with Crippen molar-refractivity contribution in [2.45, 2.75) is 46.1 Å². The number of carbonyl (C=O) groups is 1. The summed E-state index contributed by atoms with van der Waals surface area (Å²) in [6.45, 7) is 5.19. The van der Waals surface area contributed by atoms with Crippen LogP contribution in [-0.4, -0.2) is 33.9 Å². The second kappa shape index (κ2) is 13.3. The van der Waals surface area contributed by atoms with Crippen LogP contribution in [0.4, 0.5) is 16.2 Å². The molecule has 0 bridgehead atoms. The Morgan fingerprint density at radius 1 is 1.00 bits per heavy atom. The zero-order chi connectivity index (χ0) is 24.3. The highest BCUT2D eigenvalue weighted by atomic mass is 79.9. The van der Waals surface area contributed by atoms with Crippen LogP contribution in [0.25, 0.3) is 0 Å². The molecular weight excluding hydrogens is 510 g/mol. The maximum Gasteiger partial charge on any atom is 0.319 e.